The highest BCUT2D eigenvalue weighted by Gasteiger charge is 2.33. The maximum Gasteiger partial charge on any atom is 0.416 e. The fourth-order valence-electron chi connectivity index (χ4n) is 2.35. The van der Waals surface area contributed by atoms with E-state index < -0.39 is 22.6 Å². The van der Waals surface area contributed by atoms with Gasteiger partial charge in [0.25, 0.3) is 5.69 Å². The second-order valence-electron chi connectivity index (χ2n) is 5.50. The van der Waals surface area contributed by atoms with Crippen LogP contribution in [-0.4, -0.2) is 22.8 Å². The van der Waals surface area contributed by atoms with Crippen molar-refractivity contribution in [1.29, 1.82) is 0 Å². The van der Waals surface area contributed by atoms with Crippen molar-refractivity contribution in [2.24, 2.45) is 0 Å². The van der Waals surface area contributed by atoms with Gasteiger partial charge in [0.2, 0.25) is 5.91 Å². The number of likely N-dealkylation sites (N-methyl/N-ethyl adjacent to an activating group) is 1. The van der Waals surface area contributed by atoms with Crippen molar-refractivity contribution in [2.45, 2.75) is 12.7 Å². The molecule has 0 bridgehead atoms. The number of nitro benzene ring substituents is 1. The number of halogens is 3. The quantitative estimate of drug-likeness (QED) is 0.452. The van der Waals surface area contributed by atoms with Crippen molar-refractivity contribution in [3.05, 3.63) is 81.4 Å². The van der Waals surface area contributed by atoms with Gasteiger partial charge in [-0.2, -0.15) is 13.2 Å². The molecule has 136 valence electrons. The summed E-state index contributed by atoms with van der Waals surface area (Å²) in [4.78, 5) is 23.6. The van der Waals surface area contributed by atoms with Crippen molar-refractivity contribution in [1.82, 2.24) is 4.90 Å². The monoisotopic (exact) mass is 364 g/mol. The van der Waals surface area contributed by atoms with Crippen LogP contribution in [-0.2, 0) is 17.5 Å². The molecule has 2 aromatic rings. The van der Waals surface area contributed by atoms with Gasteiger partial charge in [-0.15, -0.1) is 0 Å². The third-order valence-corrected chi connectivity index (χ3v) is 3.65. The Bertz CT molecular complexity index is 848. The number of nitro groups is 1. The van der Waals surface area contributed by atoms with E-state index in [0.717, 1.165) is 17.0 Å². The van der Waals surface area contributed by atoms with Crippen LogP contribution in [0.5, 0.6) is 0 Å². The summed E-state index contributed by atoms with van der Waals surface area (Å²) in [6.45, 7) is -0.240. The predicted molar refractivity (Wildman–Crippen MR) is 90.0 cm³/mol. The third kappa shape index (κ3) is 4.69. The number of carbonyl (C=O) groups excluding carboxylic acids is 1. The second kappa shape index (κ2) is 7.81. The minimum absolute atomic E-state index is 0.0325. The molecule has 0 N–H and O–H groups in total. The average molecular weight is 364 g/mol. The van der Waals surface area contributed by atoms with E-state index >= 15 is 0 Å². The van der Waals surface area contributed by atoms with Crippen LogP contribution in [0, 0.1) is 10.1 Å². The van der Waals surface area contributed by atoms with Gasteiger partial charge in [-0.3, -0.25) is 14.9 Å². The molecule has 0 saturated heterocycles. The number of nitrogens with zero attached hydrogens (tertiary/aromatic N) is 2. The van der Waals surface area contributed by atoms with Gasteiger partial charge in [0, 0.05) is 25.7 Å². The molecule has 0 saturated carbocycles. The maximum absolute atomic E-state index is 13.0. The molecule has 0 aliphatic carbocycles. The van der Waals surface area contributed by atoms with Gasteiger partial charge < -0.3 is 4.90 Å². The molecular weight excluding hydrogens is 349 g/mol. The van der Waals surface area contributed by atoms with Crippen LogP contribution in [0.15, 0.2) is 54.6 Å². The highest BCUT2D eigenvalue weighted by molar-refractivity contribution is 5.92. The average Bonchev–Trinajstić information content (AvgIpc) is 2.59. The first-order chi connectivity index (χ1) is 12.2. The SMILES string of the molecule is CN(Cc1ccccc1C(F)(F)F)C(=O)/C=C/c1ccccc1[N+](=O)[O-]. The van der Waals surface area contributed by atoms with E-state index in [9.17, 15) is 28.1 Å². The summed E-state index contributed by atoms with van der Waals surface area (Å²) < 4.78 is 39.0. The molecule has 0 unspecified atom stereocenters. The summed E-state index contributed by atoms with van der Waals surface area (Å²) in [6, 6.07) is 10.9. The number of benzene rings is 2. The standard InChI is InChI=1S/C18H15F3N2O3/c1-22(12-14-7-2-4-8-15(14)18(19,20)21)17(24)11-10-13-6-3-5-9-16(13)23(25)26/h2-11H,12H2,1H3/b11-10+. The fraction of sp³-hybridized carbons (Fsp3) is 0.167. The Morgan fingerprint density at radius 3 is 2.42 bits per heavy atom. The van der Waals surface area contributed by atoms with E-state index in [2.05, 4.69) is 0 Å². The third-order valence-electron chi connectivity index (χ3n) is 3.65. The largest absolute Gasteiger partial charge is 0.416 e. The minimum Gasteiger partial charge on any atom is -0.338 e. The number of rotatable bonds is 5. The highest BCUT2D eigenvalue weighted by Crippen LogP contribution is 2.32. The van der Waals surface area contributed by atoms with Crippen molar-refractivity contribution < 1.29 is 22.9 Å². The Kier molecular flexibility index (Phi) is 5.76. The first-order valence-corrected chi connectivity index (χ1v) is 7.52. The molecule has 0 spiro atoms. The Labute approximate surface area is 147 Å². The van der Waals surface area contributed by atoms with E-state index in [1.54, 1.807) is 6.07 Å². The van der Waals surface area contributed by atoms with E-state index in [0.29, 0.717) is 0 Å². The van der Waals surface area contributed by atoms with Crippen molar-refractivity contribution >= 4 is 17.7 Å². The lowest BCUT2D eigenvalue weighted by atomic mass is 10.1. The summed E-state index contributed by atoms with van der Waals surface area (Å²) in [5.41, 5.74) is -0.770. The van der Waals surface area contributed by atoms with Gasteiger partial charge in [0.05, 0.1) is 16.1 Å². The molecule has 2 rings (SSSR count). The van der Waals surface area contributed by atoms with Gasteiger partial charge >= 0.3 is 6.18 Å². The van der Waals surface area contributed by atoms with Gasteiger partial charge in [0.15, 0.2) is 0 Å². The molecule has 0 fully saturated rings. The fourth-order valence-corrected chi connectivity index (χ4v) is 2.35. The molecule has 1 amide bonds. The van der Waals surface area contributed by atoms with Crippen molar-refractivity contribution in [3.8, 4) is 0 Å². The van der Waals surface area contributed by atoms with Crippen LogP contribution < -0.4 is 0 Å². The number of para-hydroxylation sites is 1. The first-order valence-electron chi connectivity index (χ1n) is 7.52. The first kappa shape index (κ1) is 19.2. The number of amides is 1. The smallest absolute Gasteiger partial charge is 0.338 e. The normalized spacial score (nSPS) is 11.5. The number of alkyl halides is 3. The van der Waals surface area contributed by atoms with Gasteiger partial charge in [0.1, 0.15) is 0 Å². The Balaban J connectivity index is 2.16. The highest BCUT2D eigenvalue weighted by atomic mass is 19.4. The van der Waals surface area contributed by atoms with Crippen LogP contribution in [0.1, 0.15) is 16.7 Å². The van der Waals surface area contributed by atoms with Crippen molar-refractivity contribution in [3.63, 3.8) is 0 Å². The molecule has 8 heteroatoms. The van der Waals surface area contributed by atoms with Crippen LogP contribution in [0.25, 0.3) is 6.08 Å². The molecule has 0 radical (unpaired) electrons. The zero-order chi connectivity index (χ0) is 19.3. The number of hydrogen-bond acceptors (Lipinski definition) is 3. The van der Waals surface area contributed by atoms with Gasteiger partial charge in [-0.25, -0.2) is 0 Å². The molecule has 5 nitrogen and oxygen atoms in total. The van der Waals surface area contributed by atoms with Crippen molar-refractivity contribution in [2.75, 3.05) is 7.05 Å². The summed E-state index contributed by atoms with van der Waals surface area (Å²) in [5.74, 6) is -0.569. The Hall–Kier alpha value is -3.16. The minimum atomic E-state index is -4.51. The molecule has 0 aromatic heterocycles. The molecule has 2 aromatic carbocycles. The maximum atomic E-state index is 13.0. The van der Waals surface area contributed by atoms with Crippen LogP contribution in [0.3, 0.4) is 0 Å². The van der Waals surface area contributed by atoms with E-state index in [1.165, 1.54) is 49.5 Å². The molecule has 0 heterocycles. The van der Waals surface area contributed by atoms with E-state index in [-0.39, 0.29) is 23.4 Å². The Morgan fingerprint density at radius 1 is 1.15 bits per heavy atom. The summed E-state index contributed by atoms with van der Waals surface area (Å²) in [5, 5.41) is 10.9. The molecule has 26 heavy (non-hydrogen) atoms. The molecule has 0 atom stereocenters. The lowest BCUT2D eigenvalue weighted by molar-refractivity contribution is -0.385. The summed E-state index contributed by atoms with van der Waals surface area (Å²) >= 11 is 0. The topological polar surface area (TPSA) is 63.5 Å². The zero-order valence-electron chi connectivity index (χ0n) is 13.7. The summed E-state index contributed by atoms with van der Waals surface area (Å²) in [7, 11) is 1.36. The van der Waals surface area contributed by atoms with E-state index in [1.807, 2.05) is 0 Å². The zero-order valence-corrected chi connectivity index (χ0v) is 13.7. The van der Waals surface area contributed by atoms with Crippen LogP contribution in [0.4, 0.5) is 18.9 Å². The van der Waals surface area contributed by atoms with Crippen LogP contribution >= 0.6 is 0 Å². The van der Waals surface area contributed by atoms with Crippen LogP contribution in [0.2, 0.25) is 0 Å². The predicted octanol–water partition coefficient (Wildman–Crippen LogP) is 4.29. The second-order valence-corrected chi connectivity index (χ2v) is 5.50. The Morgan fingerprint density at radius 2 is 1.77 bits per heavy atom. The molecule has 0 aliphatic heterocycles. The van der Waals surface area contributed by atoms with Gasteiger partial charge in [-0.1, -0.05) is 30.3 Å². The number of carbonyl (C=O) groups is 1. The van der Waals surface area contributed by atoms with Gasteiger partial charge in [-0.05, 0) is 23.8 Å². The lowest BCUT2D eigenvalue weighted by Gasteiger charge is -2.19. The molecular formula is C18H15F3N2O3. The lowest BCUT2D eigenvalue weighted by Crippen LogP contribution is -2.25. The van der Waals surface area contributed by atoms with E-state index in [4.69, 9.17) is 0 Å². The molecule has 0 aliphatic rings. The summed E-state index contributed by atoms with van der Waals surface area (Å²) in [6.07, 6.45) is -2.15. The number of hydrogen-bond donors (Lipinski definition) is 0.